The first kappa shape index (κ1) is 22.1. The van der Waals surface area contributed by atoms with Crippen LogP contribution in [0.1, 0.15) is 28.4 Å². The van der Waals surface area contributed by atoms with E-state index < -0.39 is 20.8 Å². The summed E-state index contributed by atoms with van der Waals surface area (Å²) in [6.07, 6.45) is -0.109. The van der Waals surface area contributed by atoms with Crippen LogP contribution in [-0.2, 0) is 6.54 Å². The van der Waals surface area contributed by atoms with Crippen molar-refractivity contribution in [2.75, 3.05) is 13.1 Å². The van der Waals surface area contributed by atoms with Crippen LogP contribution in [0.5, 0.6) is 0 Å². The van der Waals surface area contributed by atoms with Crippen molar-refractivity contribution in [1.29, 1.82) is 0 Å². The Morgan fingerprint density at radius 3 is 2.58 bits per heavy atom. The molecule has 0 spiro atoms. The predicted molar refractivity (Wildman–Crippen MR) is 118 cm³/mol. The van der Waals surface area contributed by atoms with Crippen molar-refractivity contribution >= 4 is 46.4 Å². The molecule has 2 aliphatic heterocycles. The number of alkyl halides is 3. The molecule has 31 heavy (non-hydrogen) atoms. The lowest BCUT2D eigenvalue weighted by atomic mass is 9.83. The van der Waals surface area contributed by atoms with Gasteiger partial charge in [-0.2, -0.15) is 0 Å². The second-order valence-electron chi connectivity index (χ2n) is 7.84. The maximum absolute atomic E-state index is 12.9. The van der Waals surface area contributed by atoms with Crippen molar-refractivity contribution in [3.8, 4) is 0 Å². The Morgan fingerprint density at radius 2 is 1.87 bits per heavy atom. The molecule has 164 valence electrons. The van der Waals surface area contributed by atoms with Crippen LogP contribution in [0.25, 0.3) is 0 Å². The fourth-order valence-corrected chi connectivity index (χ4v) is 5.13. The molecule has 1 aromatic heterocycles. The zero-order valence-corrected chi connectivity index (χ0v) is 18.5. The maximum atomic E-state index is 12.9. The molecule has 1 aromatic carbocycles. The molecular formula is C20H19Cl3N4O4. The van der Waals surface area contributed by atoms with Gasteiger partial charge in [0.1, 0.15) is 11.7 Å². The number of amides is 1. The standard InChI is InChI=1S/C20H19Cl3N4O4/c21-20(22,23)19(24-18(29)14-4-1-2-5-16(14)27(30)31)25-9-12-8-13(11-25)15-6-3-7-17(28)26(15)10-12/h1-7,12-13,19H,8-11H2,(H,24,29)/t12?,13-,19?/m0/s1. The summed E-state index contributed by atoms with van der Waals surface area (Å²) in [4.78, 5) is 37.7. The number of nitro benzene ring substituents is 1. The lowest BCUT2D eigenvalue weighted by molar-refractivity contribution is -0.385. The summed E-state index contributed by atoms with van der Waals surface area (Å²) in [7, 11) is 0. The highest BCUT2D eigenvalue weighted by molar-refractivity contribution is 6.68. The monoisotopic (exact) mass is 484 g/mol. The van der Waals surface area contributed by atoms with Gasteiger partial charge in [0, 0.05) is 43.4 Å². The summed E-state index contributed by atoms with van der Waals surface area (Å²) < 4.78 is -0.0896. The zero-order valence-electron chi connectivity index (χ0n) is 16.2. The van der Waals surface area contributed by atoms with E-state index in [9.17, 15) is 19.7 Å². The quantitative estimate of drug-likeness (QED) is 0.407. The van der Waals surface area contributed by atoms with Gasteiger partial charge in [-0.05, 0) is 24.5 Å². The summed E-state index contributed by atoms with van der Waals surface area (Å²) in [5, 5.41) is 14.0. The van der Waals surface area contributed by atoms with Crippen LogP contribution in [0.4, 0.5) is 5.69 Å². The number of piperidine rings is 1. The summed E-state index contributed by atoms with van der Waals surface area (Å²) in [5.74, 6) is -0.514. The van der Waals surface area contributed by atoms with Gasteiger partial charge in [-0.3, -0.25) is 24.6 Å². The number of fused-ring (bicyclic) bond motifs is 4. The first-order chi connectivity index (χ1) is 14.6. The lowest BCUT2D eigenvalue weighted by Gasteiger charge is -2.47. The molecule has 1 saturated heterocycles. The number of carbonyl (C=O) groups excluding carboxylic acids is 1. The van der Waals surface area contributed by atoms with E-state index in [2.05, 4.69) is 5.32 Å². The van der Waals surface area contributed by atoms with E-state index in [-0.39, 0.29) is 28.6 Å². The van der Waals surface area contributed by atoms with Crippen LogP contribution in [-0.4, -0.2) is 43.3 Å². The van der Waals surface area contributed by atoms with Gasteiger partial charge in [0.05, 0.1) is 4.92 Å². The SMILES string of the molecule is O=C(NC(N1CC2C[C@@H](C1)c1cccc(=O)n1C2)C(Cl)(Cl)Cl)c1ccccc1[N+](=O)[O-]. The largest absolute Gasteiger partial charge is 0.332 e. The number of nitro groups is 1. The third-order valence-corrected chi connectivity index (χ3v) is 6.42. The van der Waals surface area contributed by atoms with E-state index in [1.165, 1.54) is 24.3 Å². The Morgan fingerprint density at radius 1 is 1.13 bits per heavy atom. The Balaban J connectivity index is 1.61. The van der Waals surface area contributed by atoms with Crippen molar-refractivity contribution in [2.45, 2.75) is 28.8 Å². The van der Waals surface area contributed by atoms with Gasteiger partial charge in [-0.25, -0.2) is 0 Å². The van der Waals surface area contributed by atoms with Gasteiger partial charge >= 0.3 is 0 Å². The van der Waals surface area contributed by atoms with E-state index in [0.29, 0.717) is 19.6 Å². The first-order valence-corrected chi connectivity index (χ1v) is 10.8. The van der Waals surface area contributed by atoms with Crippen LogP contribution in [0.15, 0.2) is 47.3 Å². The lowest BCUT2D eigenvalue weighted by Crippen LogP contribution is -2.60. The molecular weight excluding hydrogens is 467 g/mol. The third kappa shape index (κ3) is 4.43. The Hall–Kier alpha value is -2.13. The van der Waals surface area contributed by atoms with E-state index >= 15 is 0 Å². The van der Waals surface area contributed by atoms with Crippen LogP contribution >= 0.6 is 34.8 Å². The van der Waals surface area contributed by atoms with Crippen LogP contribution in [0, 0.1) is 16.0 Å². The van der Waals surface area contributed by atoms with E-state index in [4.69, 9.17) is 34.8 Å². The maximum Gasteiger partial charge on any atom is 0.282 e. The minimum atomic E-state index is -1.87. The third-order valence-electron chi connectivity index (χ3n) is 5.80. The Labute approximate surface area is 192 Å². The predicted octanol–water partition coefficient (Wildman–Crippen LogP) is 3.30. The second kappa shape index (κ2) is 8.43. The zero-order chi connectivity index (χ0) is 22.3. The highest BCUT2D eigenvalue weighted by atomic mass is 35.6. The van der Waals surface area contributed by atoms with Crippen LogP contribution in [0.3, 0.4) is 0 Å². The molecule has 1 amide bonds. The highest BCUT2D eigenvalue weighted by Gasteiger charge is 2.44. The molecule has 4 rings (SSSR count). The Bertz CT molecular complexity index is 1080. The number of hydrogen-bond acceptors (Lipinski definition) is 5. The van der Waals surface area contributed by atoms with Crippen molar-refractivity contribution < 1.29 is 9.72 Å². The van der Waals surface area contributed by atoms with Gasteiger partial charge in [-0.15, -0.1) is 0 Å². The van der Waals surface area contributed by atoms with E-state index in [1.807, 2.05) is 11.0 Å². The summed E-state index contributed by atoms with van der Waals surface area (Å²) >= 11 is 18.7. The number of likely N-dealkylation sites (tertiary alicyclic amines) is 1. The first-order valence-electron chi connectivity index (χ1n) is 9.70. The van der Waals surface area contributed by atoms with Crippen molar-refractivity contribution in [2.24, 2.45) is 5.92 Å². The molecule has 2 aliphatic rings. The molecule has 0 aliphatic carbocycles. The number of hydrogen-bond donors (Lipinski definition) is 1. The number of benzene rings is 1. The topological polar surface area (TPSA) is 97.5 Å². The van der Waals surface area contributed by atoms with Gasteiger partial charge < -0.3 is 9.88 Å². The number of para-hydroxylation sites is 1. The average Bonchev–Trinajstić information content (AvgIpc) is 2.71. The molecule has 2 aromatic rings. The molecule has 0 radical (unpaired) electrons. The fourth-order valence-electron chi connectivity index (χ4n) is 4.55. The van der Waals surface area contributed by atoms with Gasteiger partial charge in [-0.1, -0.05) is 53.0 Å². The smallest absolute Gasteiger partial charge is 0.282 e. The molecule has 2 bridgehead atoms. The molecule has 1 N–H and O–H groups in total. The number of nitrogens with zero attached hydrogens (tertiary/aromatic N) is 3. The molecule has 0 saturated carbocycles. The number of halogens is 3. The normalized spacial score (nSPS) is 21.8. The molecule has 11 heteroatoms. The highest BCUT2D eigenvalue weighted by Crippen LogP contribution is 2.40. The number of rotatable bonds is 4. The van der Waals surface area contributed by atoms with Gasteiger partial charge in [0.25, 0.3) is 17.2 Å². The molecule has 1 fully saturated rings. The minimum absolute atomic E-state index is 0.0386. The van der Waals surface area contributed by atoms with Crippen molar-refractivity contribution in [3.05, 3.63) is 74.2 Å². The number of pyridine rings is 1. The second-order valence-corrected chi connectivity index (χ2v) is 10.2. The molecule has 8 nitrogen and oxygen atoms in total. The summed E-state index contributed by atoms with van der Waals surface area (Å²) in [6.45, 7) is 1.52. The van der Waals surface area contributed by atoms with Crippen molar-refractivity contribution in [3.63, 3.8) is 0 Å². The van der Waals surface area contributed by atoms with E-state index in [1.54, 1.807) is 16.7 Å². The minimum Gasteiger partial charge on any atom is -0.332 e. The van der Waals surface area contributed by atoms with Crippen LogP contribution < -0.4 is 10.9 Å². The van der Waals surface area contributed by atoms with Crippen molar-refractivity contribution in [1.82, 2.24) is 14.8 Å². The summed E-state index contributed by atoms with van der Waals surface area (Å²) in [6, 6.07) is 10.8. The van der Waals surface area contributed by atoms with Crippen LogP contribution in [0.2, 0.25) is 0 Å². The Kier molecular flexibility index (Phi) is 6.00. The fraction of sp³-hybridized carbons (Fsp3) is 0.400. The average molecular weight is 486 g/mol. The molecule has 3 heterocycles. The number of nitrogens with one attached hydrogen (secondary N) is 1. The number of aromatic nitrogens is 1. The molecule has 2 unspecified atom stereocenters. The number of carbonyl (C=O) groups is 1. The van der Waals surface area contributed by atoms with Gasteiger partial charge in [0.2, 0.25) is 3.79 Å². The summed E-state index contributed by atoms with van der Waals surface area (Å²) in [5.41, 5.74) is 0.442. The van der Waals surface area contributed by atoms with Gasteiger partial charge in [0.15, 0.2) is 0 Å². The van der Waals surface area contributed by atoms with E-state index in [0.717, 1.165) is 12.1 Å². The molecule has 3 atom stereocenters.